The van der Waals surface area contributed by atoms with Crippen molar-refractivity contribution in [3.63, 3.8) is 0 Å². The van der Waals surface area contributed by atoms with E-state index < -0.39 is 18.2 Å². The summed E-state index contributed by atoms with van der Waals surface area (Å²) >= 11 is 6.47. The Morgan fingerprint density at radius 1 is 1.18 bits per heavy atom. The van der Waals surface area contributed by atoms with Crippen LogP contribution in [0.4, 0.5) is 0 Å². The van der Waals surface area contributed by atoms with Crippen molar-refractivity contribution in [2.75, 3.05) is 13.2 Å². The van der Waals surface area contributed by atoms with Gasteiger partial charge in [0.1, 0.15) is 6.61 Å². The molecule has 2 saturated carbocycles. The lowest BCUT2D eigenvalue weighted by Crippen LogP contribution is -2.21. The number of carbonyl (C=O) groups is 1. The predicted molar refractivity (Wildman–Crippen MR) is 108 cm³/mol. The summed E-state index contributed by atoms with van der Waals surface area (Å²) in [7, 11) is 0. The number of ether oxygens (including phenoxy) is 1. The molecule has 0 heterocycles. The van der Waals surface area contributed by atoms with Crippen LogP contribution in [0.3, 0.4) is 0 Å². The number of aliphatic hydroxyl groups is 2. The van der Waals surface area contributed by atoms with Crippen LogP contribution < -0.4 is 0 Å². The number of aliphatic carboxylic acids is 1. The maximum absolute atomic E-state index is 10.7. The second kappa shape index (κ2) is 10.1. The fourth-order valence-corrected chi connectivity index (χ4v) is 5.37. The minimum absolute atomic E-state index is 0.0274. The molecule has 156 valence electrons. The molecule has 2 aliphatic rings. The van der Waals surface area contributed by atoms with E-state index in [1.54, 1.807) is 0 Å². The molecule has 1 aromatic rings. The first kappa shape index (κ1) is 21.6. The summed E-state index contributed by atoms with van der Waals surface area (Å²) in [6, 6.07) is 7.94. The van der Waals surface area contributed by atoms with Crippen LogP contribution in [0.1, 0.15) is 68.1 Å². The fraction of sp³-hybridized carbons (Fsp3) is 0.682. The first-order chi connectivity index (χ1) is 13.5. The van der Waals surface area contributed by atoms with Crippen LogP contribution in [0.15, 0.2) is 24.3 Å². The van der Waals surface area contributed by atoms with Gasteiger partial charge in [-0.3, -0.25) is 0 Å². The standard InChI is InChI=1S/C22H31ClO5/c23-18-12-19(24)21(17(18)10-11-28-13-20(25)26)14-6-8-16(9-7-14)22(27)15-4-2-1-3-5-15/h6-9,15,17-19,21-22,24,27H,1-5,10-13H2,(H,25,26)/t17?,18-,19-,21-,22?/m1/s1. The van der Waals surface area contributed by atoms with Crippen molar-refractivity contribution in [1.82, 2.24) is 0 Å². The van der Waals surface area contributed by atoms with Gasteiger partial charge in [0.15, 0.2) is 0 Å². The van der Waals surface area contributed by atoms with Gasteiger partial charge in [-0.1, -0.05) is 43.5 Å². The van der Waals surface area contributed by atoms with Gasteiger partial charge in [-0.25, -0.2) is 4.79 Å². The normalized spacial score (nSPS) is 29.7. The van der Waals surface area contributed by atoms with Gasteiger partial charge in [0.05, 0.1) is 12.2 Å². The summed E-state index contributed by atoms with van der Waals surface area (Å²) in [5.41, 5.74) is 1.95. The molecule has 0 amide bonds. The maximum Gasteiger partial charge on any atom is 0.329 e. The van der Waals surface area contributed by atoms with Crippen LogP contribution in [0.25, 0.3) is 0 Å². The van der Waals surface area contributed by atoms with Gasteiger partial charge in [0.2, 0.25) is 0 Å². The molecule has 0 bridgehead atoms. The lowest BCUT2D eigenvalue weighted by Gasteiger charge is -2.28. The second-order valence-electron chi connectivity index (χ2n) is 8.25. The lowest BCUT2D eigenvalue weighted by atomic mass is 9.81. The first-order valence-electron chi connectivity index (χ1n) is 10.4. The monoisotopic (exact) mass is 410 g/mol. The highest BCUT2D eigenvalue weighted by molar-refractivity contribution is 6.21. The van der Waals surface area contributed by atoms with E-state index in [1.165, 1.54) is 19.3 Å². The second-order valence-corrected chi connectivity index (χ2v) is 8.81. The number of hydrogen-bond acceptors (Lipinski definition) is 4. The van der Waals surface area contributed by atoms with Crippen molar-refractivity contribution in [1.29, 1.82) is 0 Å². The average Bonchev–Trinajstić information content (AvgIpc) is 2.98. The molecule has 3 N–H and O–H groups in total. The summed E-state index contributed by atoms with van der Waals surface area (Å²) in [6.45, 7) is -0.0114. The van der Waals surface area contributed by atoms with Gasteiger partial charge < -0.3 is 20.1 Å². The summed E-state index contributed by atoms with van der Waals surface area (Å²) in [4.78, 5) is 10.6. The van der Waals surface area contributed by atoms with Crippen LogP contribution in [0.5, 0.6) is 0 Å². The third-order valence-corrected chi connectivity index (χ3v) is 6.89. The molecular weight excluding hydrogens is 380 g/mol. The van der Waals surface area contributed by atoms with E-state index in [0.29, 0.717) is 25.4 Å². The van der Waals surface area contributed by atoms with Crippen molar-refractivity contribution < 1.29 is 24.9 Å². The Kier molecular flexibility index (Phi) is 7.75. The van der Waals surface area contributed by atoms with Crippen molar-refractivity contribution >= 4 is 17.6 Å². The molecule has 0 aromatic heterocycles. The van der Waals surface area contributed by atoms with Crippen molar-refractivity contribution in [2.24, 2.45) is 11.8 Å². The van der Waals surface area contributed by atoms with Crippen molar-refractivity contribution in [3.8, 4) is 0 Å². The Bertz CT molecular complexity index is 628. The van der Waals surface area contributed by atoms with E-state index in [2.05, 4.69) is 0 Å². The lowest BCUT2D eigenvalue weighted by molar-refractivity contribution is -0.142. The van der Waals surface area contributed by atoms with Gasteiger partial charge >= 0.3 is 5.97 Å². The third kappa shape index (κ3) is 5.26. The number of alkyl halides is 1. The zero-order valence-electron chi connectivity index (χ0n) is 16.2. The zero-order valence-corrected chi connectivity index (χ0v) is 16.9. The van der Waals surface area contributed by atoms with Crippen LogP contribution >= 0.6 is 11.6 Å². The Morgan fingerprint density at radius 2 is 1.86 bits per heavy atom. The molecule has 28 heavy (non-hydrogen) atoms. The molecule has 2 fully saturated rings. The molecule has 2 unspecified atom stereocenters. The molecule has 5 atom stereocenters. The Labute approximate surface area is 171 Å². The van der Waals surface area contributed by atoms with Crippen LogP contribution in [0.2, 0.25) is 0 Å². The molecule has 1 aromatic carbocycles. The van der Waals surface area contributed by atoms with E-state index in [-0.39, 0.29) is 23.8 Å². The minimum atomic E-state index is -0.988. The SMILES string of the molecule is O=C(O)COCCC1[C@H](Cl)C[C@@H](O)[C@@H]1c1ccc(C(O)C2CCCCC2)cc1. The molecule has 0 aliphatic heterocycles. The number of carboxylic acids is 1. The fourth-order valence-electron chi connectivity index (χ4n) is 4.91. The number of hydrogen-bond donors (Lipinski definition) is 3. The number of carboxylic acid groups (broad SMARTS) is 1. The zero-order chi connectivity index (χ0) is 20.1. The smallest absolute Gasteiger partial charge is 0.329 e. The number of aliphatic hydroxyl groups excluding tert-OH is 2. The summed E-state index contributed by atoms with van der Waals surface area (Å²) < 4.78 is 5.17. The van der Waals surface area contributed by atoms with E-state index >= 15 is 0 Å². The first-order valence-corrected chi connectivity index (χ1v) is 10.8. The Hall–Kier alpha value is -1.14. The molecule has 0 saturated heterocycles. The third-order valence-electron chi connectivity index (χ3n) is 6.39. The molecule has 0 radical (unpaired) electrons. The molecule has 0 spiro atoms. The Morgan fingerprint density at radius 3 is 2.50 bits per heavy atom. The maximum atomic E-state index is 10.7. The molecular formula is C22H31ClO5. The van der Waals surface area contributed by atoms with Crippen LogP contribution in [0, 0.1) is 11.8 Å². The van der Waals surface area contributed by atoms with E-state index in [0.717, 1.165) is 24.0 Å². The number of benzene rings is 1. The molecule has 3 rings (SSSR count). The molecule has 5 nitrogen and oxygen atoms in total. The summed E-state index contributed by atoms with van der Waals surface area (Å²) in [6.07, 6.45) is 5.97. The van der Waals surface area contributed by atoms with Crippen LogP contribution in [-0.4, -0.2) is 46.0 Å². The largest absolute Gasteiger partial charge is 0.480 e. The number of halogens is 1. The van der Waals surface area contributed by atoms with Crippen LogP contribution in [-0.2, 0) is 9.53 Å². The van der Waals surface area contributed by atoms with Gasteiger partial charge in [0.25, 0.3) is 0 Å². The summed E-state index contributed by atoms with van der Waals surface area (Å²) in [5.74, 6) is -0.725. The summed E-state index contributed by atoms with van der Waals surface area (Å²) in [5, 5.41) is 29.8. The van der Waals surface area contributed by atoms with E-state index in [1.807, 2.05) is 24.3 Å². The predicted octanol–water partition coefficient (Wildman–Crippen LogP) is 3.86. The highest BCUT2D eigenvalue weighted by Crippen LogP contribution is 2.45. The van der Waals surface area contributed by atoms with Gasteiger partial charge in [-0.05, 0) is 48.6 Å². The van der Waals surface area contributed by atoms with Gasteiger partial charge in [-0.2, -0.15) is 0 Å². The highest BCUT2D eigenvalue weighted by Gasteiger charge is 2.42. The molecule has 6 heteroatoms. The topological polar surface area (TPSA) is 87.0 Å². The minimum Gasteiger partial charge on any atom is -0.480 e. The highest BCUT2D eigenvalue weighted by atomic mass is 35.5. The van der Waals surface area contributed by atoms with Gasteiger partial charge in [0, 0.05) is 17.9 Å². The van der Waals surface area contributed by atoms with E-state index in [9.17, 15) is 15.0 Å². The number of rotatable bonds is 8. The van der Waals surface area contributed by atoms with E-state index in [4.69, 9.17) is 21.4 Å². The van der Waals surface area contributed by atoms with Crippen molar-refractivity contribution in [2.45, 2.75) is 68.4 Å². The average molecular weight is 411 g/mol. The Balaban J connectivity index is 1.65. The van der Waals surface area contributed by atoms with Crippen molar-refractivity contribution in [3.05, 3.63) is 35.4 Å². The quantitative estimate of drug-likeness (QED) is 0.447. The van der Waals surface area contributed by atoms with Gasteiger partial charge in [-0.15, -0.1) is 11.6 Å². The molecule has 2 aliphatic carbocycles.